The van der Waals surface area contributed by atoms with Gasteiger partial charge in [-0.3, -0.25) is 9.80 Å². The van der Waals surface area contributed by atoms with E-state index >= 15 is 0 Å². The molecule has 0 aliphatic carbocycles. The highest BCUT2D eigenvalue weighted by Gasteiger charge is 2.28. The van der Waals surface area contributed by atoms with Crippen LogP contribution in [0.5, 0.6) is 0 Å². The van der Waals surface area contributed by atoms with Gasteiger partial charge in [0.25, 0.3) is 0 Å². The van der Waals surface area contributed by atoms with E-state index in [-0.39, 0.29) is 6.10 Å². The van der Waals surface area contributed by atoms with E-state index in [1.54, 1.807) is 0 Å². The Morgan fingerprint density at radius 3 is 1.94 bits per heavy atom. The third-order valence-corrected chi connectivity index (χ3v) is 4.48. The molecule has 1 rings (SSSR count). The van der Waals surface area contributed by atoms with Crippen molar-refractivity contribution < 1.29 is 5.11 Å². The molecule has 1 saturated heterocycles. The predicted molar refractivity (Wildman–Crippen MR) is 77.9 cm³/mol. The Labute approximate surface area is 113 Å². The fourth-order valence-corrected chi connectivity index (χ4v) is 3.03. The van der Waals surface area contributed by atoms with Crippen molar-refractivity contribution in [2.75, 3.05) is 26.2 Å². The quantitative estimate of drug-likeness (QED) is 0.757. The first-order chi connectivity index (χ1) is 8.63. The Hall–Kier alpha value is -0.120. The number of piperazine rings is 1. The van der Waals surface area contributed by atoms with Gasteiger partial charge in [-0.15, -0.1) is 0 Å². The lowest BCUT2D eigenvalue weighted by Crippen LogP contribution is -2.55. The summed E-state index contributed by atoms with van der Waals surface area (Å²) in [5.41, 5.74) is 0. The van der Waals surface area contributed by atoms with E-state index in [0.717, 1.165) is 45.4 Å². The van der Waals surface area contributed by atoms with Crippen molar-refractivity contribution in [2.24, 2.45) is 0 Å². The first kappa shape index (κ1) is 15.9. The molecule has 1 heterocycles. The second-order valence-electron chi connectivity index (χ2n) is 5.66. The Kier molecular flexibility index (Phi) is 7.20. The van der Waals surface area contributed by atoms with E-state index in [1.807, 2.05) is 0 Å². The van der Waals surface area contributed by atoms with Gasteiger partial charge in [-0.05, 0) is 26.2 Å². The molecule has 18 heavy (non-hydrogen) atoms. The van der Waals surface area contributed by atoms with Gasteiger partial charge in [0.05, 0.1) is 6.10 Å². The van der Waals surface area contributed by atoms with Crippen molar-refractivity contribution in [3.05, 3.63) is 0 Å². The topological polar surface area (TPSA) is 26.7 Å². The molecule has 3 unspecified atom stereocenters. The van der Waals surface area contributed by atoms with Crippen molar-refractivity contribution in [3.8, 4) is 0 Å². The monoisotopic (exact) mass is 256 g/mol. The summed E-state index contributed by atoms with van der Waals surface area (Å²) < 4.78 is 0. The van der Waals surface area contributed by atoms with Crippen molar-refractivity contribution >= 4 is 0 Å². The second-order valence-corrected chi connectivity index (χ2v) is 5.66. The van der Waals surface area contributed by atoms with Crippen LogP contribution >= 0.6 is 0 Å². The van der Waals surface area contributed by atoms with Crippen LogP contribution in [0.3, 0.4) is 0 Å². The number of rotatable bonds is 7. The number of aliphatic hydroxyl groups is 1. The van der Waals surface area contributed by atoms with E-state index < -0.39 is 0 Å². The summed E-state index contributed by atoms with van der Waals surface area (Å²) in [5.74, 6) is 0. The molecule has 1 N–H and O–H groups in total. The zero-order valence-electron chi connectivity index (χ0n) is 12.7. The Morgan fingerprint density at radius 2 is 1.50 bits per heavy atom. The van der Waals surface area contributed by atoms with E-state index in [9.17, 15) is 5.11 Å². The van der Waals surface area contributed by atoms with Gasteiger partial charge in [0.1, 0.15) is 0 Å². The van der Waals surface area contributed by atoms with Crippen LogP contribution in [0, 0.1) is 0 Å². The molecule has 3 atom stereocenters. The van der Waals surface area contributed by atoms with Gasteiger partial charge in [0.15, 0.2) is 0 Å². The molecule has 0 aromatic rings. The third kappa shape index (κ3) is 4.22. The van der Waals surface area contributed by atoms with Gasteiger partial charge in [-0.2, -0.15) is 0 Å². The Bertz CT molecular complexity index is 215. The van der Waals surface area contributed by atoms with E-state index in [1.165, 1.54) is 6.42 Å². The molecule has 0 aromatic carbocycles. The van der Waals surface area contributed by atoms with Gasteiger partial charge in [0, 0.05) is 38.3 Å². The van der Waals surface area contributed by atoms with Gasteiger partial charge in [-0.1, -0.05) is 27.2 Å². The minimum atomic E-state index is -0.143. The first-order valence-corrected chi connectivity index (χ1v) is 7.80. The van der Waals surface area contributed by atoms with Crippen molar-refractivity contribution in [2.45, 2.75) is 71.6 Å². The summed E-state index contributed by atoms with van der Waals surface area (Å²) in [5, 5.41) is 10.2. The molecule has 108 valence electrons. The van der Waals surface area contributed by atoms with Gasteiger partial charge in [0.2, 0.25) is 0 Å². The molecule has 3 heteroatoms. The molecular weight excluding hydrogens is 224 g/mol. The number of nitrogens with zero attached hydrogens (tertiary/aromatic N) is 2. The summed E-state index contributed by atoms with van der Waals surface area (Å²) in [6.07, 6.45) is 4.16. The van der Waals surface area contributed by atoms with E-state index in [4.69, 9.17) is 0 Å². The lowest BCUT2D eigenvalue weighted by Gasteiger charge is -2.42. The Morgan fingerprint density at radius 1 is 0.944 bits per heavy atom. The molecule has 1 fully saturated rings. The zero-order valence-corrected chi connectivity index (χ0v) is 12.7. The van der Waals surface area contributed by atoms with Crippen LogP contribution < -0.4 is 0 Å². The van der Waals surface area contributed by atoms with Crippen LogP contribution in [-0.4, -0.2) is 59.3 Å². The van der Waals surface area contributed by atoms with Crippen LogP contribution in [0.25, 0.3) is 0 Å². The lowest BCUT2D eigenvalue weighted by atomic mass is 10.0. The number of hydrogen-bond donors (Lipinski definition) is 1. The minimum absolute atomic E-state index is 0.143. The lowest BCUT2D eigenvalue weighted by molar-refractivity contribution is 0.00539. The number of hydrogen-bond acceptors (Lipinski definition) is 3. The normalized spacial score (nSPS) is 23.8. The summed E-state index contributed by atoms with van der Waals surface area (Å²) in [7, 11) is 0. The molecule has 1 aliphatic rings. The van der Waals surface area contributed by atoms with Gasteiger partial charge >= 0.3 is 0 Å². The van der Waals surface area contributed by atoms with E-state index in [0.29, 0.717) is 12.1 Å². The zero-order chi connectivity index (χ0) is 13.5. The van der Waals surface area contributed by atoms with Crippen LogP contribution in [0.1, 0.15) is 53.4 Å². The molecular formula is C15H32N2O. The average molecular weight is 256 g/mol. The third-order valence-electron chi connectivity index (χ3n) is 4.48. The maximum atomic E-state index is 10.2. The molecule has 1 aliphatic heterocycles. The van der Waals surface area contributed by atoms with Gasteiger partial charge < -0.3 is 5.11 Å². The number of aliphatic hydroxyl groups excluding tert-OH is 1. The standard InChI is InChI=1S/C15H32N2O/c1-5-8-15(18)14(7-3)17-11-9-16(10-12-17)13(4)6-2/h13-15,18H,5-12H2,1-4H3. The van der Waals surface area contributed by atoms with Gasteiger partial charge in [-0.25, -0.2) is 0 Å². The highest BCUT2D eigenvalue weighted by molar-refractivity contribution is 4.83. The second kappa shape index (κ2) is 8.13. The molecule has 3 nitrogen and oxygen atoms in total. The molecule has 0 amide bonds. The SMILES string of the molecule is CCCC(O)C(CC)N1CCN(C(C)CC)CC1. The highest BCUT2D eigenvalue weighted by Crippen LogP contribution is 2.17. The van der Waals surface area contributed by atoms with Crippen molar-refractivity contribution in [3.63, 3.8) is 0 Å². The van der Waals surface area contributed by atoms with Crippen LogP contribution in [0.2, 0.25) is 0 Å². The fourth-order valence-electron chi connectivity index (χ4n) is 3.03. The molecule has 0 aromatic heterocycles. The predicted octanol–water partition coefficient (Wildman–Crippen LogP) is 2.34. The molecule has 0 spiro atoms. The maximum Gasteiger partial charge on any atom is 0.0695 e. The largest absolute Gasteiger partial charge is 0.391 e. The van der Waals surface area contributed by atoms with Crippen molar-refractivity contribution in [1.82, 2.24) is 9.80 Å². The maximum absolute atomic E-state index is 10.2. The summed E-state index contributed by atoms with van der Waals surface area (Å²) in [4.78, 5) is 5.08. The van der Waals surface area contributed by atoms with Crippen LogP contribution in [0.15, 0.2) is 0 Å². The highest BCUT2D eigenvalue weighted by atomic mass is 16.3. The van der Waals surface area contributed by atoms with Crippen LogP contribution in [0.4, 0.5) is 0 Å². The minimum Gasteiger partial charge on any atom is -0.391 e. The van der Waals surface area contributed by atoms with Crippen molar-refractivity contribution in [1.29, 1.82) is 0 Å². The summed E-state index contributed by atoms with van der Waals surface area (Å²) >= 11 is 0. The molecule has 0 radical (unpaired) electrons. The summed E-state index contributed by atoms with van der Waals surface area (Å²) in [6, 6.07) is 1.07. The molecule has 0 saturated carbocycles. The first-order valence-electron chi connectivity index (χ1n) is 7.80. The summed E-state index contributed by atoms with van der Waals surface area (Å²) in [6.45, 7) is 13.5. The smallest absolute Gasteiger partial charge is 0.0695 e. The Balaban J connectivity index is 2.44. The van der Waals surface area contributed by atoms with E-state index in [2.05, 4.69) is 37.5 Å². The average Bonchev–Trinajstić information content (AvgIpc) is 2.40. The fraction of sp³-hybridized carbons (Fsp3) is 1.00. The van der Waals surface area contributed by atoms with Crippen LogP contribution in [-0.2, 0) is 0 Å². The molecule has 0 bridgehead atoms.